The molecule has 0 bridgehead atoms. The Hall–Kier alpha value is -2.75. The summed E-state index contributed by atoms with van der Waals surface area (Å²) in [5.41, 5.74) is -6.25. The fraction of sp³-hybridized carbons (Fsp3) is 0.235. The van der Waals surface area contributed by atoms with E-state index >= 15 is 0 Å². The van der Waals surface area contributed by atoms with E-state index in [9.17, 15) is 47.9 Å². The number of anilines is 1. The van der Waals surface area contributed by atoms with Crippen molar-refractivity contribution in [3.05, 3.63) is 53.3 Å². The van der Waals surface area contributed by atoms with Gasteiger partial charge in [-0.25, -0.2) is 8.42 Å². The molecule has 1 aromatic carbocycles. The Balaban J connectivity index is 2.01. The third kappa shape index (κ3) is 5.43. The molecule has 16 heteroatoms. The molecule has 1 N–H and O–H groups in total. The van der Waals surface area contributed by atoms with E-state index in [0.717, 1.165) is 23.0 Å². The Morgan fingerprint density at radius 3 is 1.91 bits per heavy atom. The van der Waals surface area contributed by atoms with Crippen LogP contribution in [0.4, 0.5) is 45.2 Å². The van der Waals surface area contributed by atoms with Crippen molar-refractivity contribution < 1.29 is 47.9 Å². The number of aromatic nitrogens is 2. The third-order valence-electron chi connectivity index (χ3n) is 4.05. The second kappa shape index (κ2) is 7.93. The lowest BCUT2D eigenvalue weighted by atomic mass is 10.1. The van der Waals surface area contributed by atoms with Gasteiger partial charge >= 0.3 is 18.5 Å². The zero-order chi connectivity index (χ0) is 25.0. The van der Waals surface area contributed by atoms with E-state index in [1.165, 1.54) is 7.05 Å². The smallest absolute Gasteiger partial charge is 0.279 e. The van der Waals surface area contributed by atoms with Gasteiger partial charge in [0.05, 0.1) is 16.8 Å². The number of aryl methyl sites for hydroxylation is 1. The molecule has 33 heavy (non-hydrogen) atoms. The van der Waals surface area contributed by atoms with Crippen molar-refractivity contribution in [2.45, 2.75) is 22.7 Å². The Labute approximate surface area is 183 Å². The summed E-state index contributed by atoms with van der Waals surface area (Å²) >= 11 is 0.327. The first kappa shape index (κ1) is 24.9. The van der Waals surface area contributed by atoms with Crippen LogP contribution < -0.4 is 4.72 Å². The molecule has 2 heterocycles. The zero-order valence-electron chi connectivity index (χ0n) is 15.9. The second-order valence-corrected chi connectivity index (χ2v) is 9.57. The van der Waals surface area contributed by atoms with Crippen LogP contribution in [0.15, 0.2) is 40.7 Å². The summed E-state index contributed by atoms with van der Waals surface area (Å²) < 4.78 is 144. The van der Waals surface area contributed by atoms with E-state index < -0.39 is 60.8 Å². The van der Waals surface area contributed by atoms with E-state index in [1.807, 2.05) is 0 Å². The second-order valence-electron chi connectivity index (χ2n) is 6.58. The monoisotopic (exact) mass is 523 g/mol. The minimum absolute atomic E-state index is 0.171. The van der Waals surface area contributed by atoms with Gasteiger partial charge in [-0.2, -0.15) is 44.6 Å². The summed E-state index contributed by atoms with van der Waals surface area (Å²) in [6, 6.07) is 2.04. The summed E-state index contributed by atoms with van der Waals surface area (Å²) in [5.74, 6) is 0. The van der Waals surface area contributed by atoms with Crippen molar-refractivity contribution in [2.75, 3.05) is 4.72 Å². The molecule has 5 nitrogen and oxygen atoms in total. The molecule has 0 aliphatic carbocycles. The van der Waals surface area contributed by atoms with Crippen LogP contribution in [0.3, 0.4) is 0 Å². The zero-order valence-corrected chi connectivity index (χ0v) is 17.5. The molecule has 0 atom stereocenters. The van der Waals surface area contributed by atoms with Crippen LogP contribution in [0.1, 0.15) is 16.8 Å². The number of hydrogen-bond donors (Lipinski definition) is 1. The molecule has 0 unspecified atom stereocenters. The van der Waals surface area contributed by atoms with Crippen LogP contribution in [0.2, 0.25) is 0 Å². The van der Waals surface area contributed by atoms with Gasteiger partial charge in [-0.3, -0.25) is 9.40 Å². The van der Waals surface area contributed by atoms with E-state index in [-0.39, 0.29) is 23.1 Å². The van der Waals surface area contributed by atoms with Crippen LogP contribution in [-0.4, -0.2) is 18.2 Å². The number of sulfonamides is 1. The lowest BCUT2D eigenvalue weighted by Crippen LogP contribution is -2.15. The quantitative estimate of drug-likeness (QED) is 0.427. The molecule has 3 aromatic rings. The van der Waals surface area contributed by atoms with Crippen molar-refractivity contribution in [3.8, 4) is 10.4 Å². The topological polar surface area (TPSA) is 64.0 Å². The number of alkyl halides is 9. The highest BCUT2D eigenvalue weighted by Gasteiger charge is 2.39. The molecule has 2 aromatic heterocycles. The number of halogens is 9. The van der Waals surface area contributed by atoms with Crippen LogP contribution in [0.5, 0.6) is 0 Å². The summed E-state index contributed by atoms with van der Waals surface area (Å²) in [6.45, 7) is 0. The van der Waals surface area contributed by atoms with E-state index in [1.54, 1.807) is 4.72 Å². The van der Waals surface area contributed by atoms with Gasteiger partial charge in [-0.05, 0) is 30.3 Å². The summed E-state index contributed by atoms with van der Waals surface area (Å²) in [6.07, 6.45) is -14.3. The van der Waals surface area contributed by atoms with Gasteiger partial charge in [0.15, 0.2) is 5.69 Å². The van der Waals surface area contributed by atoms with Gasteiger partial charge in [0.2, 0.25) is 0 Å². The Kier molecular flexibility index (Phi) is 5.98. The lowest BCUT2D eigenvalue weighted by Gasteiger charge is -2.15. The van der Waals surface area contributed by atoms with E-state index in [4.69, 9.17) is 0 Å². The van der Waals surface area contributed by atoms with Gasteiger partial charge in [0.1, 0.15) is 4.21 Å². The van der Waals surface area contributed by atoms with Crippen molar-refractivity contribution >= 4 is 27.0 Å². The highest BCUT2D eigenvalue weighted by molar-refractivity contribution is 7.94. The fourth-order valence-electron chi connectivity index (χ4n) is 2.71. The largest absolute Gasteiger partial charge is 0.435 e. The maximum Gasteiger partial charge on any atom is 0.435 e. The van der Waals surface area contributed by atoms with E-state index in [2.05, 4.69) is 5.10 Å². The first-order valence-corrected chi connectivity index (χ1v) is 10.7. The fourth-order valence-corrected chi connectivity index (χ4v) is 5.06. The molecular weight excluding hydrogens is 513 g/mol. The number of thiophene rings is 1. The molecular formula is C17H10F9N3O2S2. The van der Waals surface area contributed by atoms with Crippen LogP contribution >= 0.6 is 11.3 Å². The van der Waals surface area contributed by atoms with Crippen LogP contribution in [0.25, 0.3) is 10.4 Å². The SMILES string of the molecule is Cn1cc(-c2ccc(S(=O)(=O)Nc3cc(C(F)(F)F)cc(C(F)(F)F)c3)s2)c(C(F)(F)F)n1. The molecule has 0 spiro atoms. The summed E-state index contributed by atoms with van der Waals surface area (Å²) in [4.78, 5) is -0.184. The van der Waals surface area contributed by atoms with E-state index in [0.29, 0.717) is 11.3 Å². The van der Waals surface area contributed by atoms with Crippen molar-refractivity contribution in [2.24, 2.45) is 7.05 Å². The summed E-state index contributed by atoms with van der Waals surface area (Å²) in [7, 11) is -3.54. The first-order chi connectivity index (χ1) is 14.9. The van der Waals surface area contributed by atoms with Gasteiger partial charge in [-0.1, -0.05) is 0 Å². The average molecular weight is 523 g/mol. The minimum Gasteiger partial charge on any atom is -0.279 e. The van der Waals surface area contributed by atoms with Gasteiger partial charge in [0.25, 0.3) is 10.0 Å². The molecule has 0 aliphatic rings. The standard InChI is InChI=1S/C17H10F9N3O2S2/c1-29-7-11(14(27-29)17(24,25)26)12-2-3-13(32-12)33(30,31)28-10-5-8(15(18,19)20)4-9(6-10)16(21,22)23/h2-7,28H,1H3. The summed E-state index contributed by atoms with van der Waals surface area (Å²) in [5, 5.41) is 3.28. The van der Waals surface area contributed by atoms with Crippen molar-refractivity contribution in [1.82, 2.24) is 9.78 Å². The predicted molar refractivity (Wildman–Crippen MR) is 98.8 cm³/mol. The normalized spacial score (nSPS) is 13.4. The Morgan fingerprint density at radius 1 is 0.879 bits per heavy atom. The highest BCUT2D eigenvalue weighted by Crippen LogP contribution is 2.41. The van der Waals surface area contributed by atoms with Crippen LogP contribution in [0, 0.1) is 0 Å². The number of nitrogens with one attached hydrogen (secondary N) is 1. The molecule has 0 amide bonds. The van der Waals surface area contributed by atoms with Gasteiger partial charge in [0, 0.05) is 23.7 Å². The molecule has 0 saturated heterocycles. The molecule has 180 valence electrons. The number of nitrogens with zero attached hydrogens (tertiary/aromatic N) is 2. The molecule has 3 rings (SSSR count). The molecule has 0 radical (unpaired) electrons. The maximum atomic E-state index is 13.2. The molecule has 0 saturated carbocycles. The molecule has 0 aliphatic heterocycles. The third-order valence-corrected chi connectivity index (χ3v) is 7.04. The number of rotatable bonds is 4. The highest BCUT2D eigenvalue weighted by atomic mass is 32.2. The average Bonchev–Trinajstić information content (AvgIpc) is 3.26. The van der Waals surface area contributed by atoms with Gasteiger partial charge < -0.3 is 0 Å². The first-order valence-electron chi connectivity index (χ1n) is 8.41. The lowest BCUT2D eigenvalue weighted by molar-refractivity contribution is -0.143. The van der Waals surface area contributed by atoms with Crippen molar-refractivity contribution in [3.63, 3.8) is 0 Å². The molecule has 0 fully saturated rings. The number of benzene rings is 1. The van der Waals surface area contributed by atoms with Crippen LogP contribution in [-0.2, 0) is 35.6 Å². The maximum absolute atomic E-state index is 13.2. The van der Waals surface area contributed by atoms with Crippen molar-refractivity contribution in [1.29, 1.82) is 0 Å². The number of hydrogen-bond acceptors (Lipinski definition) is 4. The van der Waals surface area contributed by atoms with Gasteiger partial charge in [-0.15, -0.1) is 11.3 Å². The Bertz CT molecular complexity index is 1250. The minimum atomic E-state index is -5.20. The predicted octanol–water partition coefficient (Wildman–Crippen LogP) is 6.01. The Morgan fingerprint density at radius 2 is 1.42 bits per heavy atom.